The van der Waals surface area contributed by atoms with Gasteiger partial charge in [-0.15, -0.1) is 0 Å². The summed E-state index contributed by atoms with van der Waals surface area (Å²) in [5, 5.41) is 11.6. The van der Waals surface area contributed by atoms with Gasteiger partial charge in [-0.2, -0.15) is 0 Å². The van der Waals surface area contributed by atoms with Crippen LogP contribution in [0.2, 0.25) is 0 Å². The maximum atomic E-state index is 8.54. The Bertz CT molecular complexity index is 413. The van der Waals surface area contributed by atoms with Gasteiger partial charge in [0.2, 0.25) is 0 Å². The van der Waals surface area contributed by atoms with Gasteiger partial charge in [-0.05, 0) is 56.0 Å². The standard InChI is InChI=1S/C15H21Br2NO2/c1-2-3-4-5-6-7-8-20-15-13(16)9-12(11-18-19)10-14(15)17/h9-11,19H,2-8H2,1H3/b18-11+. The molecule has 0 radical (unpaired) electrons. The predicted octanol–water partition coefficient (Wildman–Crippen LogP) is 5.76. The molecule has 0 saturated heterocycles. The largest absolute Gasteiger partial charge is 0.491 e. The topological polar surface area (TPSA) is 41.8 Å². The molecule has 0 aliphatic heterocycles. The number of oxime groups is 1. The van der Waals surface area contributed by atoms with Gasteiger partial charge in [0, 0.05) is 0 Å². The molecule has 0 unspecified atom stereocenters. The fourth-order valence-corrected chi connectivity index (χ4v) is 3.37. The summed E-state index contributed by atoms with van der Waals surface area (Å²) in [6.07, 6.45) is 8.87. The van der Waals surface area contributed by atoms with Gasteiger partial charge in [0.1, 0.15) is 5.75 Å². The number of hydrogen-bond acceptors (Lipinski definition) is 3. The van der Waals surface area contributed by atoms with Crippen molar-refractivity contribution >= 4 is 38.1 Å². The highest BCUT2D eigenvalue weighted by molar-refractivity contribution is 9.11. The second-order valence-electron chi connectivity index (χ2n) is 4.67. The quantitative estimate of drug-likeness (QED) is 0.245. The first kappa shape index (κ1) is 17.5. The minimum atomic E-state index is 0.719. The zero-order valence-corrected chi connectivity index (χ0v) is 14.9. The normalized spacial score (nSPS) is 11.2. The van der Waals surface area contributed by atoms with E-state index >= 15 is 0 Å². The van der Waals surface area contributed by atoms with Crippen LogP contribution in [-0.4, -0.2) is 18.0 Å². The van der Waals surface area contributed by atoms with Crippen molar-refractivity contribution in [1.29, 1.82) is 0 Å². The molecule has 0 heterocycles. The van der Waals surface area contributed by atoms with Crippen LogP contribution in [0.25, 0.3) is 0 Å². The Labute approximate surface area is 137 Å². The van der Waals surface area contributed by atoms with Crippen molar-refractivity contribution in [2.75, 3.05) is 6.61 Å². The van der Waals surface area contributed by atoms with E-state index in [0.717, 1.165) is 33.3 Å². The molecule has 3 nitrogen and oxygen atoms in total. The highest BCUT2D eigenvalue weighted by atomic mass is 79.9. The summed E-state index contributed by atoms with van der Waals surface area (Å²) < 4.78 is 7.52. The molecular weight excluding hydrogens is 386 g/mol. The average Bonchev–Trinajstić information content (AvgIpc) is 2.40. The third kappa shape index (κ3) is 6.27. The Balaban J connectivity index is 2.40. The first-order chi connectivity index (χ1) is 9.69. The van der Waals surface area contributed by atoms with Gasteiger partial charge in [-0.3, -0.25) is 0 Å². The van der Waals surface area contributed by atoms with E-state index in [1.165, 1.54) is 38.3 Å². The van der Waals surface area contributed by atoms with Crippen LogP contribution in [0, 0.1) is 0 Å². The lowest BCUT2D eigenvalue weighted by Gasteiger charge is -2.11. The van der Waals surface area contributed by atoms with Crippen LogP contribution in [0.1, 0.15) is 51.0 Å². The van der Waals surface area contributed by atoms with Crippen LogP contribution >= 0.6 is 31.9 Å². The lowest BCUT2D eigenvalue weighted by Crippen LogP contribution is -1.99. The molecule has 1 N–H and O–H groups in total. The van der Waals surface area contributed by atoms with Gasteiger partial charge in [0.25, 0.3) is 0 Å². The van der Waals surface area contributed by atoms with Crippen LogP contribution in [0.5, 0.6) is 5.75 Å². The summed E-state index contributed by atoms with van der Waals surface area (Å²) in [6, 6.07) is 3.72. The SMILES string of the molecule is CCCCCCCCOc1c(Br)cc(/C=N/O)cc1Br. The molecule has 0 amide bonds. The van der Waals surface area contributed by atoms with E-state index in [-0.39, 0.29) is 0 Å². The zero-order chi connectivity index (χ0) is 14.8. The number of ether oxygens (including phenoxy) is 1. The highest BCUT2D eigenvalue weighted by Crippen LogP contribution is 2.34. The lowest BCUT2D eigenvalue weighted by molar-refractivity contribution is 0.301. The number of halogens is 2. The Kier molecular flexibility index (Phi) is 8.94. The summed E-state index contributed by atoms with van der Waals surface area (Å²) in [4.78, 5) is 0. The molecule has 0 saturated carbocycles. The van der Waals surface area contributed by atoms with Gasteiger partial charge in [0.15, 0.2) is 0 Å². The van der Waals surface area contributed by atoms with Gasteiger partial charge in [-0.25, -0.2) is 0 Å². The summed E-state index contributed by atoms with van der Waals surface area (Å²) in [5.41, 5.74) is 0.804. The van der Waals surface area contributed by atoms with Crippen molar-refractivity contribution in [3.63, 3.8) is 0 Å². The monoisotopic (exact) mass is 405 g/mol. The van der Waals surface area contributed by atoms with E-state index in [1.54, 1.807) is 0 Å². The van der Waals surface area contributed by atoms with Crippen molar-refractivity contribution in [1.82, 2.24) is 0 Å². The predicted molar refractivity (Wildman–Crippen MR) is 90.1 cm³/mol. The van der Waals surface area contributed by atoms with E-state index in [4.69, 9.17) is 9.94 Å². The van der Waals surface area contributed by atoms with Crippen molar-refractivity contribution in [2.24, 2.45) is 5.16 Å². The number of unbranched alkanes of at least 4 members (excludes halogenated alkanes) is 5. The zero-order valence-electron chi connectivity index (χ0n) is 11.7. The van der Waals surface area contributed by atoms with Crippen LogP contribution in [0.15, 0.2) is 26.2 Å². The van der Waals surface area contributed by atoms with E-state index in [9.17, 15) is 0 Å². The van der Waals surface area contributed by atoms with E-state index in [0.29, 0.717) is 0 Å². The maximum absolute atomic E-state index is 8.54. The second-order valence-corrected chi connectivity index (χ2v) is 6.38. The molecule has 0 atom stereocenters. The van der Waals surface area contributed by atoms with Crippen molar-refractivity contribution in [3.05, 3.63) is 26.6 Å². The van der Waals surface area contributed by atoms with Crippen molar-refractivity contribution < 1.29 is 9.94 Å². The van der Waals surface area contributed by atoms with Crippen molar-refractivity contribution in [2.45, 2.75) is 45.4 Å². The molecule has 1 aromatic carbocycles. The molecular formula is C15H21Br2NO2. The number of benzene rings is 1. The van der Waals surface area contributed by atoms with E-state index in [2.05, 4.69) is 43.9 Å². The van der Waals surface area contributed by atoms with Crippen molar-refractivity contribution in [3.8, 4) is 5.75 Å². The summed E-state index contributed by atoms with van der Waals surface area (Å²) in [5.74, 6) is 0.800. The lowest BCUT2D eigenvalue weighted by atomic mass is 10.1. The maximum Gasteiger partial charge on any atom is 0.147 e. The van der Waals surface area contributed by atoms with Crippen LogP contribution in [0.4, 0.5) is 0 Å². The molecule has 0 aliphatic rings. The van der Waals surface area contributed by atoms with Gasteiger partial charge in [-0.1, -0.05) is 44.2 Å². The third-order valence-electron chi connectivity index (χ3n) is 2.97. The molecule has 112 valence electrons. The smallest absolute Gasteiger partial charge is 0.147 e. The molecule has 0 fully saturated rings. The molecule has 5 heteroatoms. The van der Waals surface area contributed by atoms with E-state index < -0.39 is 0 Å². The third-order valence-corrected chi connectivity index (χ3v) is 4.15. The van der Waals surface area contributed by atoms with Gasteiger partial charge in [0.05, 0.1) is 21.8 Å². The fourth-order valence-electron chi connectivity index (χ4n) is 1.92. The van der Waals surface area contributed by atoms with Crippen LogP contribution < -0.4 is 4.74 Å². The Morgan fingerprint density at radius 3 is 2.30 bits per heavy atom. The molecule has 0 aromatic heterocycles. The molecule has 1 rings (SSSR count). The Morgan fingerprint density at radius 1 is 1.10 bits per heavy atom. The first-order valence-electron chi connectivity index (χ1n) is 6.98. The minimum Gasteiger partial charge on any atom is -0.491 e. The summed E-state index contributed by atoms with van der Waals surface area (Å²) in [6.45, 7) is 2.94. The fraction of sp³-hybridized carbons (Fsp3) is 0.533. The average molecular weight is 407 g/mol. The van der Waals surface area contributed by atoms with Gasteiger partial charge >= 0.3 is 0 Å². The van der Waals surface area contributed by atoms with Gasteiger partial charge < -0.3 is 9.94 Å². The molecule has 1 aromatic rings. The number of hydrogen-bond donors (Lipinski definition) is 1. The summed E-state index contributed by atoms with van der Waals surface area (Å²) >= 11 is 6.95. The van der Waals surface area contributed by atoms with E-state index in [1.807, 2.05) is 12.1 Å². The van der Waals surface area contributed by atoms with Crippen LogP contribution in [-0.2, 0) is 0 Å². The molecule has 20 heavy (non-hydrogen) atoms. The first-order valence-corrected chi connectivity index (χ1v) is 8.57. The second kappa shape index (κ2) is 10.2. The highest BCUT2D eigenvalue weighted by Gasteiger charge is 2.08. The Morgan fingerprint density at radius 2 is 1.70 bits per heavy atom. The summed E-state index contributed by atoms with van der Waals surface area (Å²) in [7, 11) is 0. The minimum absolute atomic E-state index is 0.719. The van der Waals surface area contributed by atoms with Crippen LogP contribution in [0.3, 0.4) is 0 Å². The molecule has 0 aliphatic carbocycles. The number of rotatable bonds is 9. The molecule has 0 spiro atoms. The number of nitrogens with zero attached hydrogens (tertiary/aromatic N) is 1. The Hall–Kier alpha value is -0.550. The molecule has 0 bridgehead atoms.